The lowest BCUT2D eigenvalue weighted by Gasteiger charge is -2.12. The summed E-state index contributed by atoms with van der Waals surface area (Å²) in [6.45, 7) is 2.90. The first kappa shape index (κ1) is 20.2. The van der Waals surface area contributed by atoms with Gasteiger partial charge >= 0.3 is 0 Å². The summed E-state index contributed by atoms with van der Waals surface area (Å²) in [4.78, 5) is 2.21. The van der Waals surface area contributed by atoms with E-state index in [0.717, 1.165) is 4.47 Å². The SMILES string of the molecule is Cc1c(OCCN(C)C)c2cc(Cl)ccc2n1S(=O)(=O)c1ccc(Br)cc1. The van der Waals surface area contributed by atoms with E-state index in [1.54, 1.807) is 49.4 Å². The molecule has 0 bridgehead atoms. The lowest BCUT2D eigenvalue weighted by atomic mass is 10.2. The van der Waals surface area contributed by atoms with Crippen LogP contribution in [0.1, 0.15) is 5.69 Å². The third-order valence-corrected chi connectivity index (χ3v) is 6.77. The van der Waals surface area contributed by atoms with E-state index in [0.29, 0.717) is 40.5 Å². The fourth-order valence-electron chi connectivity index (χ4n) is 2.87. The highest BCUT2D eigenvalue weighted by molar-refractivity contribution is 9.10. The van der Waals surface area contributed by atoms with Crippen molar-refractivity contribution in [2.75, 3.05) is 27.2 Å². The molecule has 1 heterocycles. The molecule has 0 amide bonds. The topological polar surface area (TPSA) is 51.5 Å². The Hall–Kier alpha value is -1.54. The molecule has 0 spiro atoms. The van der Waals surface area contributed by atoms with Crippen molar-refractivity contribution in [1.82, 2.24) is 8.87 Å². The molecule has 5 nitrogen and oxygen atoms in total. The van der Waals surface area contributed by atoms with Crippen molar-refractivity contribution < 1.29 is 13.2 Å². The number of nitrogens with zero attached hydrogens (tertiary/aromatic N) is 2. The number of benzene rings is 2. The van der Waals surface area contributed by atoms with Gasteiger partial charge in [-0.05, 0) is 63.5 Å². The number of hydrogen-bond donors (Lipinski definition) is 0. The van der Waals surface area contributed by atoms with Gasteiger partial charge in [-0.1, -0.05) is 27.5 Å². The molecule has 0 fully saturated rings. The van der Waals surface area contributed by atoms with Crippen LogP contribution in [0.4, 0.5) is 0 Å². The molecule has 0 aliphatic rings. The maximum absolute atomic E-state index is 13.3. The molecule has 0 radical (unpaired) electrons. The molecule has 0 saturated heterocycles. The van der Waals surface area contributed by atoms with Crippen LogP contribution in [0.3, 0.4) is 0 Å². The number of likely N-dealkylation sites (N-methyl/N-ethyl adjacent to an activating group) is 1. The number of fused-ring (bicyclic) bond motifs is 1. The Labute approximate surface area is 172 Å². The first-order chi connectivity index (χ1) is 12.7. The molecule has 0 unspecified atom stereocenters. The number of halogens is 2. The van der Waals surface area contributed by atoms with Crippen molar-refractivity contribution in [2.24, 2.45) is 0 Å². The zero-order valence-corrected chi connectivity index (χ0v) is 18.4. The van der Waals surface area contributed by atoms with Crippen molar-refractivity contribution in [3.63, 3.8) is 0 Å². The minimum Gasteiger partial charge on any atom is -0.490 e. The third kappa shape index (κ3) is 4.01. The highest BCUT2D eigenvalue weighted by Crippen LogP contribution is 2.37. The zero-order valence-electron chi connectivity index (χ0n) is 15.2. The molecule has 0 saturated carbocycles. The Balaban J connectivity index is 2.18. The first-order valence-electron chi connectivity index (χ1n) is 8.31. The molecule has 0 N–H and O–H groups in total. The molecular formula is C19H20BrClN2O3S. The average molecular weight is 472 g/mol. The molecular weight excluding hydrogens is 452 g/mol. The molecule has 1 aromatic heterocycles. The van der Waals surface area contributed by atoms with E-state index in [2.05, 4.69) is 15.9 Å². The lowest BCUT2D eigenvalue weighted by Crippen LogP contribution is -2.20. The molecule has 2 aromatic carbocycles. The van der Waals surface area contributed by atoms with Crippen molar-refractivity contribution in [3.8, 4) is 5.75 Å². The van der Waals surface area contributed by atoms with E-state index < -0.39 is 10.0 Å². The average Bonchev–Trinajstić information content (AvgIpc) is 2.87. The summed E-state index contributed by atoms with van der Waals surface area (Å²) in [7, 11) is 0.121. The fourth-order valence-corrected chi connectivity index (χ4v) is 4.86. The Bertz CT molecular complexity index is 1080. The highest BCUT2D eigenvalue weighted by atomic mass is 79.9. The Morgan fingerprint density at radius 2 is 1.81 bits per heavy atom. The third-order valence-electron chi connectivity index (χ3n) is 4.19. The van der Waals surface area contributed by atoms with Gasteiger partial charge in [-0.3, -0.25) is 0 Å². The van der Waals surface area contributed by atoms with Crippen LogP contribution < -0.4 is 4.74 Å². The molecule has 8 heteroatoms. The fraction of sp³-hybridized carbons (Fsp3) is 0.263. The van der Waals surface area contributed by atoms with Crippen molar-refractivity contribution in [1.29, 1.82) is 0 Å². The van der Waals surface area contributed by atoms with Gasteiger partial charge in [-0.15, -0.1) is 0 Å². The Kier molecular flexibility index (Phi) is 5.86. The largest absolute Gasteiger partial charge is 0.490 e. The molecule has 3 rings (SSSR count). The number of rotatable bonds is 6. The maximum atomic E-state index is 13.3. The van der Waals surface area contributed by atoms with Crippen LogP contribution in [0.15, 0.2) is 51.8 Å². The van der Waals surface area contributed by atoms with Gasteiger partial charge in [0.1, 0.15) is 12.4 Å². The van der Waals surface area contributed by atoms with Gasteiger partial charge in [-0.25, -0.2) is 12.4 Å². The van der Waals surface area contributed by atoms with E-state index in [1.165, 1.54) is 3.97 Å². The molecule has 0 atom stereocenters. The second-order valence-electron chi connectivity index (χ2n) is 6.45. The predicted molar refractivity (Wildman–Crippen MR) is 112 cm³/mol. The van der Waals surface area contributed by atoms with Gasteiger partial charge in [0.2, 0.25) is 0 Å². The number of ether oxygens (including phenoxy) is 1. The van der Waals surface area contributed by atoms with Gasteiger partial charge in [0.15, 0.2) is 0 Å². The van der Waals surface area contributed by atoms with Crippen LogP contribution in [0.5, 0.6) is 5.75 Å². The van der Waals surface area contributed by atoms with Gasteiger partial charge in [-0.2, -0.15) is 0 Å². The molecule has 0 aliphatic carbocycles. The summed E-state index contributed by atoms with van der Waals surface area (Å²) in [5, 5.41) is 1.21. The summed E-state index contributed by atoms with van der Waals surface area (Å²) in [5.41, 5.74) is 1.06. The van der Waals surface area contributed by atoms with E-state index in [4.69, 9.17) is 16.3 Å². The Morgan fingerprint density at radius 3 is 2.44 bits per heavy atom. The van der Waals surface area contributed by atoms with Crippen LogP contribution in [0, 0.1) is 6.92 Å². The maximum Gasteiger partial charge on any atom is 0.268 e. The van der Waals surface area contributed by atoms with Gasteiger partial charge in [0, 0.05) is 21.4 Å². The van der Waals surface area contributed by atoms with E-state index >= 15 is 0 Å². The van der Waals surface area contributed by atoms with Crippen LogP contribution in [-0.4, -0.2) is 44.5 Å². The minimum atomic E-state index is -3.78. The van der Waals surface area contributed by atoms with E-state index in [1.807, 2.05) is 19.0 Å². The Morgan fingerprint density at radius 1 is 1.15 bits per heavy atom. The van der Waals surface area contributed by atoms with Crippen molar-refractivity contribution in [3.05, 3.63) is 57.7 Å². The monoisotopic (exact) mass is 470 g/mol. The second-order valence-corrected chi connectivity index (χ2v) is 9.59. The quantitative estimate of drug-likeness (QED) is 0.529. The molecule has 0 aliphatic heterocycles. The number of aromatic nitrogens is 1. The standard InChI is InChI=1S/C19H20BrClN2O3S/c1-13-19(26-11-10-22(2)3)17-12-15(21)6-9-18(17)23(13)27(24,25)16-7-4-14(20)5-8-16/h4-9,12H,10-11H2,1-3H3. The molecule has 27 heavy (non-hydrogen) atoms. The number of hydrogen-bond acceptors (Lipinski definition) is 4. The van der Waals surface area contributed by atoms with Crippen molar-refractivity contribution in [2.45, 2.75) is 11.8 Å². The molecule has 3 aromatic rings. The second kappa shape index (κ2) is 7.83. The van der Waals surface area contributed by atoms with Gasteiger partial charge in [0.05, 0.1) is 16.1 Å². The first-order valence-corrected chi connectivity index (χ1v) is 10.9. The van der Waals surface area contributed by atoms with E-state index in [9.17, 15) is 8.42 Å². The van der Waals surface area contributed by atoms with Crippen LogP contribution in [-0.2, 0) is 10.0 Å². The zero-order chi connectivity index (χ0) is 19.8. The normalized spacial score (nSPS) is 12.1. The summed E-state index contributed by atoms with van der Waals surface area (Å²) in [6, 6.07) is 11.7. The van der Waals surface area contributed by atoms with E-state index in [-0.39, 0.29) is 4.90 Å². The smallest absolute Gasteiger partial charge is 0.268 e. The minimum absolute atomic E-state index is 0.209. The van der Waals surface area contributed by atoms with Gasteiger partial charge < -0.3 is 9.64 Å². The van der Waals surface area contributed by atoms with Crippen LogP contribution >= 0.6 is 27.5 Å². The van der Waals surface area contributed by atoms with Crippen LogP contribution in [0.2, 0.25) is 5.02 Å². The molecule has 144 valence electrons. The van der Waals surface area contributed by atoms with Crippen molar-refractivity contribution >= 4 is 48.5 Å². The lowest BCUT2D eigenvalue weighted by molar-refractivity contribution is 0.262. The highest BCUT2D eigenvalue weighted by Gasteiger charge is 2.26. The summed E-state index contributed by atoms with van der Waals surface area (Å²) in [6.07, 6.45) is 0. The summed E-state index contributed by atoms with van der Waals surface area (Å²) >= 11 is 9.49. The predicted octanol–water partition coefficient (Wildman–Crippen LogP) is 4.54. The summed E-state index contributed by atoms with van der Waals surface area (Å²) in [5.74, 6) is 0.537. The van der Waals surface area contributed by atoms with Gasteiger partial charge in [0.25, 0.3) is 10.0 Å². The summed E-state index contributed by atoms with van der Waals surface area (Å²) < 4.78 is 34.7. The van der Waals surface area contributed by atoms with Crippen LogP contribution in [0.25, 0.3) is 10.9 Å².